The minimum atomic E-state index is -0.0823. The van der Waals surface area contributed by atoms with E-state index in [2.05, 4.69) is 33.5 Å². The maximum absolute atomic E-state index is 12.5. The van der Waals surface area contributed by atoms with Crippen LogP contribution >= 0.6 is 28.3 Å². The first-order valence-electron chi connectivity index (χ1n) is 7.59. The number of halogens is 2. The van der Waals surface area contributed by atoms with Gasteiger partial charge in [-0.05, 0) is 61.3 Å². The van der Waals surface area contributed by atoms with Gasteiger partial charge in [0.2, 0.25) is 0 Å². The van der Waals surface area contributed by atoms with Gasteiger partial charge in [-0.25, -0.2) is 0 Å². The number of methoxy groups -OCH3 is 1. The van der Waals surface area contributed by atoms with Crippen molar-refractivity contribution in [1.82, 2.24) is 10.6 Å². The van der Waals surface area contributed by atoms with Gasteiger partial charge in [0.25, 0.3) is 5.91 Å². The lowest BCUT2D eigenvalue weighted by Crippen LogP contribution is -2.46. The lowest BCUT2D eigenvalue weighted by molar-refractivity contribution is 0.0925. The average Bonchev–Trinajstić information content (AvgIpc) is 2.49. The van der Waals surface area contributed by atoms with Crippen LogP contribution in [0.2, 0.25) is 0 Å². The minimum absolute atomic E-state index is 0. The molecule has 23 heavy (non-hydrogen) atoms. The second-order valence-corrected chi connectivity index (χ2v) is 6.33. The van der Waals surface area contributed by atoms with E-state index >= 15 is 0 Å². The highest BCUT2D eigenvalue weighted by Crippen LogP contribution is 2.36. The second-order valence-electron chi connectivity index (χ2n) is 5.47. The van der Waals surface area contributed by atoms with Crippen LogP contribution in [0, 0.1) is 0 Å². The zero-order valence-corrected chi connectivity index (χ0v) is 16.1. The third-order valence-electron chi connectivity index (χ3n) is 3.74. The van der Waals surface area contributed by atoms with Gasteiger partial charge in [0.05, 0.1) is 18.2 Å². The van der Waals surface area contributed by atoms with E-state index in [1.165, 1.54) is 0 Å². The summed E-state index contributed by atoms with van der Waals surface area (Å²) < 4.78 is 11.6. The van der Waals surface area contributed by atoms with E-state index in [0.29, 0.717) is 29.7 Å². The van der Waals surface area contributed by atoms with E-state index in [0.717, 1.165) is 23.9 Å². The van der Waals surface area contributed by atoms with E-state index in [1.807, 2.05) is 6.92 Å². The molecule has 2 rings (SSSR count). The van der Waals surface area contributed by atoms with Gasteiger partial charge in [-0.15, -0.1) is 12.4 Å². The monoisotopic (exact) mass is 406 g/mol. The van der Waals surface area contributed by atoms with E-state index < -0.39 is 0 Å². The topological polar surface area (TPSA) is 59.6 Å². The highest BCUT2D eigenvalue weighted by molar-refractivity contribution is 9.10. The molecule has 0 aromatic heterocycles. The number of benzene rings is 1. The Kier molecular flexibility index (Phi) is 8.16. The lowest BCUT2D eigenvalue weighted by Gasteiger charge is -2.28. The number of nitrogens with one attached hydrogen (secondary N) is 2. The number of amides is 1. The van der Waals surface area contributed by atoms with Gasteiger partial charge in [0.15, 0.2) is 11.5 Å². The zero-order valence-electron chi connectivity index (χ0n) is 13.6. The molecule has 0 aliphatic carbocycles. The molecule has 7 heteroatoms. The molecule has 2 unspecified atom stereocenters. The SMILES string of the molecule is CCOc1c(Br)cc(C(=O)NC2CCNC(C)C2)cc1OC.Cl. The Balaban J connectivity index is 0.00000264. The van der Waals surface area contributed by atoms with Crippen LogP contribution in [0.3, 0.4) is 0 Å². The van der Waals surface area contributed by atoms with Gasteiger partial charge in [-0.2, -0.15) is 0 Å². The van der Waals surface area contributed by atoms with Crippen molar-refractivity contribution in [3.05, 3.63) is 22.2 Å². The Morgan fingerprint density at radius 3 is 2.83 bits per heavy atom. The highest BCUT2D eigenvalue weighted by Gasteiger charge is 2.22. The molecule has 1 aromatic carbocycles. The predicted octanol–water partition coefficient (Wildman–Crippen LogP) is 3.15. The van der Waals surface area contributed by atoms with Gasteiger partial charge < -0.3 is 20.1 Å². The van der Waals surface area contributed by atoms with Crippen molar-refractivity contribution >= 4 is 34.2 Å². The Bertz CT molecular complexity index is 542. The Labute approximate surface area is 152 Å². The van der Waals surface area contributed by atoms with Gasteiger partial charge in [0, 0.05) is 17.6 Å². The number of carbonyl (C=O) groups excluding carboxylic acids is 1. The summed E-state index contributed by atoms with van der Waals surface area (Å²) in [5.74, 6) is 1.10. The first kappa shape index (κ1) is 20.1. The zero-order chi connectivity index (χ0) is 16.1. The van der Waals surface area contributed by atoms with E-state index in [-0.39, 0.29) is 24.4 Å². The predicted molar refractivity (Wildman–Crippen MR) is 97.1 cm³/mol. The molecular weight excluding hydrogens is 384 g/mol. The molecule has 130 valence electrons. The Morgan fingerprint density at radius 1 is 1.48 bits per heavy atom. The van der Waals surface area contributed by atoms with Crippen LogP contribution in [0.15, 0.2) is 16.6 Å². The van der Waals surface area contributed by atoms with Crippen LogP contribution in [-0.4, -0.2) is 38.3 Å². The molecule has 1 aromatic rings. The molecule has 1 aliphatic rings. The van der Waals surface area contributed by atoms with Crippen LogP contribution in [0.4, 0.5) is 0 Å². The fraction of sp³-hybridized carbons (Fsp3) is 0.562. The van der Waals surface area contributed by atoms with E-state index in [9.17, 15) is 4.79 Å². The fourth-order valence-corrected chi connectivity index (χ4v) is 3.22. The highest BCUT2D eigenvalue weighted by atomic mass is 79.9. The van der Waals surface area contributed by atoms with E-state index in [1.54, 1.807) is 19.2 Å². The van der Waals surface area contributed by atoms with Crippen LogP contribution in [0.1, 0.15) is 37.0 Å². The second kappa shape index (κ2) is 9.35. The Morgan fingerprint density at radius 2 is 2.22 bits per heavy atom. The fourth-order valence-electron chi connectivity index (χ4n) is 2.67. The first-order valence-corrected chi connectivity index (χ1v) is 8.39. The lowest BCUT2D eigenvalue weighted by atomic mass is 10.00. The summed E-state index contributed by atoms with van der Waals surface area (Å²) in [5, 5.41) is 6.48. The summed E-state index contributed by atoms with van der Waals surface area (Å²) in [6, 6.07) is 4.13. The summed E-state index contributed by atoms with van der Waals surface area (Å²) in [5.41, 5.74) is 0.568. The molecular formula is C16H24BrClN2O3. The normalized spacial score (nSPS) is 20.3. The van der Waals surface area contributed by atoms with Crippen LogP contribution in [-0.2, 0) is 0 Å². The largest absolute Gasteiger partial charge is 0.493 e. The number of ether oxygens (including phenoxy) is 2. The van der Waals surface area contributed by atoms with Crippen molar-refractivity contribution in [3.8, 4) is 11.5 Å². The number of carbonyl (C=O) groups is 1. The molecule has 2 atom stereocenters. The van der Waals surface area contributed by atoms with Crippen LogP contribution in [0.5, 0.6) is 11.5 Å². The molecule has 0 saturated carbocycles. The molecule has 1 fully saturated rings. The van der Waals surface area contributed by atoms with Gasteiger partial charge in [0.1, 0.15) is 0 Å². The third-order valence-corrected chi connectivity index (χ3v) is 4.33. The van der Waals surface area contributed by atoms with Crippen molar-refractivity contribution in [1.29, 1.82) is 0 Å². The minimum Gasteiger partial charge on any atom is -0.493 e. The summed E-state index contributed by atoms with van der Waals surface area (Å²) in [6.07, 6.45) is 1.90. The van der Waals surface area contributed by atoms with Gasteiger partial charge in [-0.1, -0.05) is 0 Å². The van der Waals surface area contributed by atoms with Crippen molar-refractivity contribution in [2.75, 3.05) is 20.3 Å². The first-order chi connectivity index (χ1) is 10.5. The summed E-state index contributed by atoms with van der Waals surface area (Å²) >= 11 is 3.45. The van der Waals surface area contributed by atoms with Crippen LogP contribution in [0.25, 0.3) is 0 Å². The summed E-state index contributed by atoms with van der Waals surface area (Å²) in [6.45, 7) is 5.51. The molecule has 1 aliphatic heterocycles. The average molecular weight is 408 g/mol. The molecule has 1 heterocycles. The molecule has 1 amide bonds. The van der Waals surface area contributed by atoms with Crippen molar-refractivity contribution < 1.29 is 14.3 Å². The molecule has 2 N–H and O–H groups in total. The van der Waals surface area contributed by atoms with Crippen LogP contribution < -0.4 is 20.1 Å². The maximum atomic E-state index is 12.5. The molecule has 0 bridgehead atoms. The quantitative estimate of drug-likeness (QED) is 0.787. The summed E-state index contributed by atoms with van der Waals surface area (Å²) in [4.78, 5) is 12.5. The number of piperidine rings is 1. The van der Waals surface area contributed by atoms with E-state index in [4.69, 9.17) is 9.47 Å². The molecule has 1 saturated heterocycles. The Hall–Kier alpha value is -0.980. The molecule has 0 spiro atoms. The number of rotatable bonds is 5. The van der Waals surface area contributed by atoms with Gasteiger partial charge in [-0.3, -0.25) is 4.79 Å². The smallest absolute Gasteiger partial charge is 0.251 e. The van der Waals surface area contributed by atoms with Crippen molar-refractivity contribution in [2.24, 2.45) is 0 Å². The standard InChI is InChI=1S/C16H23BrN2O3.ClH/c1-4-22-15-13(17)8-11(9-14(15)21-3)16(20)19-12-5-6-18-10(2)7-12;/h8-10,12,18H,4-7H2,1-3H3,(H,19,20);1H. The van der Waals surface area contributed by atoms with Crippen molar-refractivity contribution in [3.63, 3.8) is 0 Å². The molecule has 5 nitrogen and oxygen atoms in total. The van der Waals surface area contributed by atoms with Crippen molar-refractivity contribution in [2.45, 2.75) is 38.8 Å². The summed E-state index contributed by atoms with van der Waals surface area (Å²) in [7, 11) is 1.57. The number of hydrogen-bond donors (Lipinski definition) is 2. The van der Waals surface area contributed by atoms with Gasteiger partial charge >= 0.3 is 0 Å². The number of hydrogen-bond acceptors (Lipinski definition) is 4. The molecule has 0 radical (unpaired) electrons. The third kappa shape index (κ3) is 5.26. The maximum Gasteiger partial charge on any atom is 0.251 e.